The molecule has 3 aliphatic rings. The smallest absolute Gasteiger partial charge is 0.251 e. The van der Waals surface area contributed by atoms with Crippen LogP contribution in [0.1, 0.15) is 36.0 Å². The van der Waals surface area contributed by atoms with Gasteiger partial charge in [-0.05, 0) is 50.4 Å². The summed E-state index contributed by atoms with van der Waals surface area (Å²) in [7, 11) is 1.82. The number of nitrogens with zero attached hydrogens (tertiary/aromatic N) is 3. The fourth-order valence-electron chi connectivity index (χ4n) is 4.43. The number of amides is 2. The van der Waals surface area contributed by atoms with Gasteiger partial charge in [-0.25, -0.2) is 0 Å². The van der Waals surface area contributed by atoms with Gasteiger partial charge in [0.15, 0.2) is 0 Å². The molecule has 152 valence electrons. The van der Waals surface area contributed by atoms with Gasteiger partial charge in [0, 0.05) is 38.8 Å². The summed E-state index contributed by atoms with van der Waals surface area (Å²) < 4.78 is 5.35. The molecule has 28 heavy (non-hydrogen) atoms. The molecule has 0 radical (unpaired) electrons. The molecule has 0 spiro atoms. The van der Waals surface area contributed by atoms with E-state index in [1.807, 2.05) is 25.2 Å². The fourth-order valence-corrected chi connectivity index (χ4v) is 4.43. The molecular weight excluding hydrogens is 356 g/mol. The van der Waals surface area contributed by atoms with Gasteiger partial charge in [-0.15, -0.1) is 0 Å². The van der Waals surface area contributed by atoms with Crippen molar-refractivity contribution in [1.29, 1.82) is 0 Å². The van der Waals surface area contributed by atoms with Gasteiger partial charge < -0.3 is 19.9 Å². The Bertz CT molecular complexity index is 732. The van der Waals surface area contributed by atoms with E-state index < -0.39 is 0 Å². The zero-order valence-electron chi connectivity index (χ0n) is 16.7. The molecule has 1 atom stereocenters. The number of hydrogen-bond acceptors (Lipinski definition) is 5. The average molecular weight is 386 g/mol. The highest BCUT2D eigenvalue weighted by Crippen LogP contribution is 2.39. The zero-order chi connectivity index (χ0) is 19.5. The number of anilines is 2. The summed E-state index contributed by atoms with van der Waals surface area (Å²) in [5.74, 6) is 0.0571. The largest absolute Gasteiger partial charge is 0.379 e. The number of rotatable bonds is 5. The van der Waals surface area contributed by atoms with E-state index in [1.165, 1.54) is 0 Å². The van der Waals surface area contributed by atoms with Gasteiger partial charge in [-0.3, -0.25) is 14.5 Å². The van der Waals surface area contributed by atoms with Crippen LogP contribution in [0.5, 0.6) is 0 Å². The fraction of sp³-hybridized carbons (Fsp3) is 0.619. The van der Waals surface area contributed by atoms with E-state index in [1.54, 1.807) is 4.90 Å². The monoisotopic (exact) mass is 386 g/mol. The van der Waals surface area contributed by atoms with Gasteiger partial charge in [0.05, 0.1) is 24.6 Å². The Balaban J connectivity index is 1.38. The average Bonchev–Trinajstić information content (AvgIpc) is 2.75. The summed E-state index contributed by atoms with van der Waals surface area (Å²) in [6.45, 7) is 6.06. The van der Waals surface area contributed by atoms with Crippen LogP contribution in [-0.4, -0.2) is 75.7 Å². The third-order valence-corrected chi connectivity index (χ3v) is 6.07. The molecule has 0 aliphatic carbocycles. The number of nitrogens with one attached hydrogen (secondary N) is 1. The lowest BCUT2D eigenvalue weighted by Crippen LogP contribution is -2.54. The molecule has 1 N–H and O–H groups in total. The van der Waals surface area contributed by atoms with Crippen molar-refractivity contribution in [2.75, 3.05) is 62.8 Å². The van der Waals surface area contributed by atoms with Crippen LogP contribution in [0.4, 0.5) is 11.4 Å². The van der Waals surface area contributed by atoms with Crippen molar-refractivity contribution in [3.8, 4) is 0 Å². The number of likely N-dealkylation sites (N-methyl/N-ethyl adjacent to an activating group) is 1. The van der Waals surface area contributed by atoms with Crippen molar-refractivity contribution in [2.45, 2.75) is 31.7 Å². The van der Waals surface area contributed by atoms with Gasteiger partial charge in [0.25, 0.3) is 5.91 Å². The van der Waals surface area contributed by atoms with Crippen molar-refractivity contribution in [3.05, 3.63) is 23.8 Å². The van der Waals surface area contributed by atoms with E-state index in [2.05, 4.69) is 15.1 Å². The number of carbonyl (C=O) groups is 2. The summed E-state index contributed by atoms with van der Waals surface area (Å²) in [4.78, 5) is 31.6. The van der Waals surface area contributed by atoms with Crippen LogP contribution < -0.4 is 15.1 Å². The van der Waals surface area contributed by atoms with Crippen LogP contribution in [0.3, 0.4) is 0 Å². The van der Waals surface area contributed by atoms with Crippen molar-refractivity contribution < 1.29 is 14.3 Å². The third kappa shape index (κ3) is 3.86. The SMILES string of the molecule is CN1C(=O)[C@H]2CCCCN2c2ccc(C(=O)NCCCN3CCOCC3)cc21. The van der Waals surface area contributed by atoms with E-state index in [0.29, 0.717) is 12.1 Å². The summed E-state index contributed by atoms with van der Waals surface area (Å²) in [6, 6.07) is 5.69. The minimum atomic E-state index is -0.0774. The van der Waals surface area contributed by atoms with E-state index in [9.17, 15) is 9.59 Å². The van der Waals surface area contributed by atoms with Crippen LogP contribution in [0.25, 0.3) is 0 Å². The maximum absolute atomic E-state index is 12.7. The normalized spacial score (nSPS) is 22.6. The number of benzene rings is 1. The highest BCUT2D eigenvalue weighted by Gasteiger charge is 2.37. The van der Waals surface area contributed by atoms with E-state index in [0.717, 1.165) is 76.5 Å². The number of ether oxygens (including phenoxy) is 1. The second-order valence-corrected chi connectivity index (χ2v) is 7.87. The Hall–Kier alpha value is -2.12. The maximum atomic E-state index is 12.7. The summed E-state index contributed by atoms with van der Waals surface area (Å²) in [6.07, 6.45) is 4.04. The minimum Gasteiger partial charge on any atom is -0.379 e. The van der Waals surface area contributed by atoms with Crippen molar-refractivity contribution in [3.63, 3.8) is 0 Å². The Labute approximate surface area is 166 Å². The Morgan fingerprint density at radius 2 is 2.00 bits per heavy atom. The zero-order valence-corrected chi connectivity index (χ0v) is 16.7. The lowest BCUT2D eigenvalue weighted by molar-refractivity contribution is -0.120. The molecule has 7 heteroatoms. The van der Waals surface area contributed by atoms with Gasteiger partial charge in [0.1, 0.15) is 6.04 Å². The minimum absolute atomic E-state index is 0.0499. The second kappa shape index (κ2) is 8.49. The van der Waals surface area contributed by atoms with Gasteiger partial charge in [-0.1, -0.05) is 0 Å². The van der Waals surface area contributed by atoms with E-state index >= 15 is 0 Å². The highest BCUT2D eigenvalue weighted by molar-refractivity contribution is 6.07. The molecule has 2 saturated heterocycles. The Morgan fingerprint density at radius 1 is 1.18 bits per heavy atom. The quantitative estimate of drug-likeness (QED) is 0.777. The first-order chi connectivity index (χ1) is 13.6. The molecule has 0 unspecified atom stereocenters. The number of hydrogen-bond donors (Lipinski definition) is 1. The molecule has 7 nitrogen and oxygen atoms in total. The number of morpholine rings is 1. The van der Waals surface area contributed by atoms with Gasteiger partial charge >= 0.3 is 0 Å². The van der Waals surface area contributed by atoms with Crippen LogP contribution in [0.2, 0.25) is 0 Å². The summed E-state index contributed by atoms with van der Waals surface area (Å²) >= 11 is 0. The lowest BCUT2D eigenvalue weighted by atomic mass is 9.96. The van der Waals surface area contributed by atoms with Crippen molar-refractivity contribution in [1.82, 2.24) is 10.2 Å². The maximum Gasteiger partial charge on any atom is 0.251 e. The van der Waals surface area contributed by atoms with Crippen LogP contribution in [-0.2, 0) is 9.53 Å². The second-order valence-electron chi connectivity index (χ2n) is 7.87. The highest BCUT2D eigenvalue weighted by atomic mass is 16.5. The van der Waals surface area contributed by atoms with E-state index in [4.69, 9.17) is 4.74 Å². The van der Waals surface area contributed by atoms with Crippen molar-refractivity contribution in [2.24, 2.45) is 0 Å². The molecular formula is C21H30N4O3. The predicted octanol–water partition coefficient (Wildman–Crippen LogP) is 1.47. The molecule has 3 aliphatic heterocycles. The molecule has 1 aromatic carbocycles. The number of fused-ring (bicyclic) bond motifs is 3. The van der Waals surface area contributed by atoms with Crippen LogP contribution in [0, 0.1) is 0 Å². The summed E-state index contributed by atoms with van der Waals surface area (Å²) in [5, 5.41) is 3.01. The first-order valence-electron chi connectivity index (χ1n) is 10.4. The molecule has 4 rings (SSSR count). The lowest BCUT2D eigenvalue weighted by Gasteiger charge is -2.44. The topological polar surface area (TPSA) is 65.1 Å². The van der Waals surface area contributed by atoms with Crippen LogP contribution >= 0.6 is 0 Å². The molecule has 2 fully saturated rings. The molecule has 3 heterocycles. The predicted molar refractivity (Wildman–Crippen MR) is 109 cm³/mol. The van der Waals surface area contributed by atoms with E-state index in [-0.39, 0.29) is 17.9 Å². The molecule has 0 aromatic heterocycles. The Kier molecular flexibility index (Phi) is 5.82. The Morgan fingerprint density at radius 3 is 2.82 bits per heavy atom. The third-order valence-electron chi connectivity index (χ3n) is 6.07. The first-order valence-corrected chi connectivity index (χ1v) is 10.4. The molecule has 0 bridgehead atoms. The number of carbonyl (C=O) groups excluding carboxylic acids is 2. The molecule has 1 aromatic rings. The first kappa shape index (κ1) is 19.2. The molecule has 0 saturated carbocycles. The van der Waals surface area contributed by atoms with Gasteiger partial charge in [-0.2, -0.15) is 0 Å². The standard InChI is InChI=1S/C21H30N4O3/c1-23-19-15-16(20(26)22-8-4-9-24-11-13-28-14-12-24)6-7-17(19)25-10-3-2-5-18(25)21(23)27/h6-7,15,18H,2-5,8-14H2,1H3,(H,22,26)/t18-/m1/s1. The summed E-state index contributed by atoms with van der Waals surface area (Å²) in [5.41, 5.74) is 2.51. The van der Waals surface area contributed by atoms with Crippen molar-refractivity contribution >= 4 is 23.2 Å². The number of piperidine rings is 1. The molecule has 2 amide bonds. The van der Waals surface area contributed by atoms with Gasteiger partial charge in [0.2, 0.25) is 5.91 Å². The van der Waals surface area contributed by atoms with Crippen LogP contribution in [0.15, 0.2) is 18.2 Å².